The van der Waals surface area contributed by atoms with Crippen molar-refractivity contribution in [2.75, 3.05) is 6.54 Å². The summed E-state index contributed by atoms with van der Waals surface area (Å²) in [6.07, 6.45) is 2.27. The smallest absolute Gasteiger partial charge is 0.240 e. The fraction of sp³-hybridized carbons (Fsp3) is 0.375. The second-order valence-electron chi connectivity index (χ2n) is 8.43. The van der Waals surface area contributed by atoms with E-state index < -0.39 is 6.04 Å². The van der Waals surface area contributed by atoms with Crippen molar-refractivity contribution in [2.24, 2.45) is 11.7 Å². The third-order valence-corrected chi connectivity index (χ3v) is 6.04. The van der Waals surface area contributed by atoms with Crippen LogP contribution in [0.15, 0.2) is 48.5 Å². The van der Waals surface area contributed by atoms with Gasteiger partial charge in [-0.15, -0.1) is 0 Å². The van der Waals surface area contributed by atoms with Crippen molar-refractivity contribution in [3.63, 3.8) is 0 Å². The fourth-order valence-electron chi connectivity index (χ4n) is 4.46. The van der Waals surface area contributed by atoms with Gasteiger partial charge in [-0.25, -0.2) is 0 Å². The maximum Gasteiger partial charge on any atom is 0.240 e. The van der Waals surface area contributed by atoms with Crippen LogP contribution < -0.4 is 5.73 Å². The van der Waals surface area contributed by atoms with E-state index in [1.165, 1.54) is 10.9 Å². The molecule has 4 nitrogen and oxygen atoms in total. The molecule has 0 saturated carbocycles. The summed E-state index contributed by atoms with van der Waals surface area (Å²) in [4.78, 5) is 18.9. The first-order valence-electron chi connectivity index (χ1n) is 10.3. The van der Waals surface area contributed by atoms with Gasteiger partial charge in [0.15, 0.2) is 0 Å². The van der Waals surface area contributed by atoms with E-state index in [9.17, 15) is 4.79 Å². The van der Waals surface area contributed by atoms with Gasteiger partial charge in [-0.3, -0.25) is 4.79 Å². The Morgan fingerprint density at radius 1 is 1.24 bits per heavy atom. The highest BCUT2D eigenvalue weighted by Gasteiger charge is 2.35. The molecule has 2 atom stereocenters. The molecular weight excluding hydrogens is 382 g/mol. The number of nitrogens with two attached hydrogens (primary N) is 1. The molecule has 2 aromatic carbocycles. The summed E-state index contributed by atoms with van der Waals surface area (Å²) in [6.45, 7) is 5.08. The zero-order chi connectivity index (χ0) is 20.5. The van der Waals surface area contributed by atoms with Gasteiger partial charge in [0.05, 0.1) is 12.1 Å². The number of rotatable bonds is 5. The minimum absolute atomic E-state index is 0.0132. The molecular formula is C24H28ClN3O. The van der Waals surface area contributed by atoms with Crippen LogP contribution in [0.3, 0.4) is 0 Å². The maximum atomic E-state index is 13.3. The van der Waals surface area contributed by atoms with Crippen molar-refractivity contribution in [1.82, 2.24) is 9.88 Å². The van der Waals surface area contributed by atoms with Crippen LogP contribution in [0.1, 0.15) is 43.1 Å². The van der Waals surface area contributed by atoms with Crippen LogP contribution in [0.4, 0.5) is 0 Å². The van der Waals surface area contributed by atoms with Gasteiger partial charge in [-0.05, 0) is 54.5 Å². The third-order valence-electron chi connectivity index (χ3n) is 5.81. The molecule has 5 heteroatoms. The zero-order valence-electron chi connectivity index (χ0n) is 17.0. The Labute approximate surface area is 177 Å². The number of H-pyrrole nitrogens is 1. The fourth-order valence-corrected chi connectivity index (χ4v) is 4.63. The summed E-state index contributed by atoms with van der Waals surface area (Å²) in [5.41, 5.74) is 11.0. The molecule has 1 aliphatic heterocycles. The number of aromatic nitrogens is 1. The Kier molecular flexibility index (Phi) is 5.66. The molecule has 29 heavy (non-hydrogen) atoms. The molecule has 0 radical (unpaired) electrons. The zero-order valence-corrected chi connectivity index (χ0v) is 17.7. The van der Waals surface area contributed by atoms with E-state index in [1.54, 1.807) is 0 Å². The first-order valence-corrected chi connectivity index (χ1v) is 10.7. The summed E-state index contributed by atoms with van der Waals surface area (Å²) < 4.78 is 0. The number of halogens is 1. The van der Waals surface area contributed by atoms with Gasteiger partial charge in [-0.2, -0.15) is 0 Å². The third kappa shape index (κ3) is 4.05. The molecule has 2 heterocycles. The Balaban J connectivity index is 1.65. The Hall–Kier alpha value is -2.30. The predicted octanol–water partition coefficient (Wildman–Crippen LogP) is 4.86. The van der Waals surface area contributed by atoms with Crippen LogP contribution in [0, 0.1) is 5.92 Å². The molecule has 1 unspecified atom stereocenters. The quantitative estimate of drug-likeness (QED) is 0.631. The molecule has 0 spiro atoms. The van der Waals surface area contributed by atoms with Gasteiger partial charge in [0, 0.05) is 28.2 Å². The van der Waals surface area contributed by atoms with Crippen molar-refractivity contribution in [1.29, 1.82) is 0 Å². The Morgan fingerprint density at radius 3 is 2.72 bits per heavy atom. The standard InChI is InChI=1S/C24H28ClN3O/c1-15(2)12-22-23-18(19-14-17(25)8-9-21(19)27-23)10-11-28(22)24(29)20(26)13-16-6-4-3-5-7-16/h3-9,14-15,20,22,27H,10-13,26H2,1-2H3/t20-,22?/m0/s1. The number of fused-ring (bicyclic) bond motifs is 3. The number of benzene rings is 2. The minimum atomic E-state index is -0.535. The van der Waals surface area contributed by atoms with Gasteiger partial charge < -0.3 is 15.6 Å². The Bertz CT molecular complexity index is 1010. The molecule has 4 rings (SSSR count). The molecule has 0 bridgehead atoms. The summed E-state index contributed by atoms with van der Waals surface area (Å²) in [6, 6.07) is 15.4. The number of hydrogen-bond donors (Lipinski definition) is 2. The van der Waals surface area contributed by atoms with Crippen molar-refractivity contribution < 1.29 is 4.79 Å². The normalized spacial score (nSPS) is 17.6. The number of amides is 1. The second-order valence-corrected chi connectivity index (χ2v) is 8.87. The van der Waals surface area contributed by atoms with E-state index in [0.29, 0.717) is 18.9 Å². The monoisotopic (exact) mass is 409 g/mol. The average molecular weight is 410 g/mol. The first-order chi connectivity index (χ1) is 13.9. The number of nitrogens with one attached hydrogen (secondary N) is 1. The lowest BCUT2D eigenvalue weighted by atomic mass is 9.90. The van der Waals surface area contributed by atoms with Crippen LogP contribution in [-0.2, 0) is 17.6 Å². The molecule has 1 aliphatic rings. The van der Waals surface area contributed by atoms with Crippen molar-refractivity contribution in [3.05, 3.63) is 70.4 Å². The van der Waals surface area contributed by atoms with Crippen molar-refractivity contribution in [3.8, 4) is 0 Å². The molecule has 152 valence electrons. The molecule has 0 saturated heterocycles. The van der Waals surface area contributed by atoms with E-state index in [2.05, 4.69) is 18.8 Å². The second kappa shape index (κ2) is 8.21. The number of carbonyl (C=O) groups excluding carboxylic acids is 1. The van der Waals surface area contributed by atoms with Crippen LogP contribution in [0.5, 0.6) is 0 Å². The minimum Gasteiger partial charge on any atom is -0.356 e. The van der Waals surface area contributed by atoms with E-state index in [-0.39, 0.29) is 11.9 Å². The number of hydrogen-bond acceptors (Lipinski definition) is 2. The van der Waals surface area contributed by atoms with E-state index in [1.807, 2.05) is 53.4 Å². The highest BCUT2D eigenvalue weighted by Crippen LogP contribution is 2.38. The average Bonchev–Trinajstić information content (AvgIpc) is 3.06. The molecule has 1 amide bonds. The molecule has 3 N–H and O–H groups in total. The van der Waals surface area contributed by atoms with Gasteiger partial charge in [-0.1, -0.05) is 55.8 Å². The topological polar surface area (TPSA) is 62.1 Å². The molecule has 3 aromatic rings. The summed E-state index contributed by atoms with van der Waals surface area (Å²) in [5.74, 6) is 0.489. The Morgan fingerprint density at radius 2 is 2.00 bits per heavy atom. The first kappa shape index (κ1) is 20.0. The van der Waals surface area contributed by atoms with Gasteiger partial charge in [0.2, 0.25) is 5.91 Å². The van der Waals surface area contributed by atoms with Crippen LogP contribution in [0.25, 0.3) is 10.9 Å². The number of carbonyl (C=O) groups is 1. The lowest BCUT2D eigenvalue weighted by Gasteiger charge is -2.38. The maximum absolute atomic E-state index is 13.3. The van der Waals surface area contributed by atoms with E-state index in [4.69, 9.17) is 17.3 Å². The van der Waals surface area contributed by atoms with Crippen LogP contribution in [-0.4, -0.2) is 28.4 Å². The number of nitrogens with zero attached hydrogens (tertiary/aromatic N) is 1. The van der Waals surface area contributed by atoms with Crippen LogP contribution in [0.2, 0.25) is 5.02 Å². The lowest BCUT2D eigenvalue weighted by Crippen LogP contribution is -2.49. The predicted molar refractivity (Wildman–Crippen MR) is 119 cm³/mol. The lowest BCUT2D eigenvalue weighted by molar-refractivity contribution is -0.136. The number of aromatic amines is 1. The van der Waals surface area contributed by atoms with E-state index >= 15 is 0 Å². The highest BCUT2D eigenvalue weighted by molar-refractivity contribution is 6.31. The van der Waals surface area contributed by atoms with Crippen LogP contribution >= 0.6 is 11.6 Å². The largest absolute Gasteiger partial charge is 0.356 e. The highest BCUT2D eigenvalue weighted by atomic mass is 35.5. The van der Waals surface area contributed by atoms with Gasteiger partial charge in [0.25, 0.3) is 0 Å². The van der Waals surface area contributed by atoms with Crippen molar-refractivity contribution in [2.45, 2.75) is 45.2 Å². The molecule has 1 aromatic heterocycles. The van der Waals surface area contributed by atoms with Gasteiger partial charge >= 0.3 is 0 Å². The molecule has 0 fully saturated rings. The SMILES string of the molecule is CC(C)CC1c2[nH]c3ccc(Cl)cc3c2CCN1C(=O)[C@@H](N)Cc1ccccc1. The van der Waals surface area contributed by atoms with Gasteiger partial charge in [0.1, 0.15) is 0 Å². The van der Waals surface area contributed by atoms with E-state index in [0.717, 1.165) is 34.6 Å². The summed E-state index contributed by atoms with van der Waals surface area (Å²) in [7, 11) is 0. The van der Waals surface area contributed by atoms with Crippen molar-refractivity contribution >= 4 is 28.4 Å². The summed E-state index contributed by atoms with van der Waals surface area (Å²) >= 11 is 6.24. The molecule has 0 aliphatic carbocycles. The summed E-state index contributed by atoms with van der Waals surface area (Å²) in [5, 5.41) is 1.91.